The summed E-state index contributed by atoms with van der Waals surface area (Å²) < 4.78 is 5.39. The molecule has 1 saturated heterocycles. The van der Waals surface area contributed by atoms with Crippen molar-refractivity contribution in [2.45, 2.75) is 31.8 Å². The highest BCUT2D eigenvalue weighted by Gasteiger charge is 2.47. The van der Waals surface area contributed by atoms with E-state index in [9.17, 15) is 9.90 Å². The average Bonchev–Trinajstić information content (AvgIpc) is 3.24. The number of nitrogens with zero attached hydrogens (tertiary/aromatic N) is 1. The molecule has 5 heteroatoms. The SMILES string of the molecule is O=C(NC1C2CCC(C2)C1CO)c1cccc(CN2CCOCC2)c1. The lowest BCUT2D eigenvalue weighted by Crippen LogP contribution is -2.45. The molecule has 1 amide bonds. The fourth-order valence-electron chi connectivity index (χ4n) is 4.96. The first-order chi connectivity index (χ1) is 12.2. The van der Waals surface area contributed by atoms with Crippen LogP contribution in [0.5, 0.6) is 0 Å². The van der Waals surface area contributed by atoms with Gasteiger partial charge < -0.3 is 15.2 Å². The number of aliphatic hydroxyl groups is 1. The zero-order valence-electron chi connectivity index (χ0n) is 14.7. The van der Waals surface area contributed by atoms with Crippen molar-refractivity contribution in [2.75, 3.05) is 32.9 Å². The van der Waals surface area contributed by atoms with E-state index in [4.69, 9.17) is 4.74 Å². The van der Waals surface area contributed by atoms with E-state index in [-0.39, 0.29) is 24.5 Å². The van der Waals surface area contributed by atoms with Gasteiger partial charge in [-0.3, -0.25) is 9.69 Å². The lowest BCUT2D eigenvalue weighted by atomic mass is 9.85. The molecular weight excluding hydrogens is 316 g/mol. The summed E-state index contributed by atoms with van der Waals surface area (Å²) in [6, 6.07) is 8.08. The van der Waals surface area contributed by atoms with Crippen molar-refractivity contribution < 1.29 is 14.6 Å². The van der Waals surface area contributed by atoms with Crippen LogP contribution in [0.2, 0.25) is 0 Å². The first-order valence-corrected chi connectivity index (χ1v) is 9.55. The van der Waals surface area contributed by atoms with Gasteiger partial charge in [0.1, 0.15) is 0 Å². The second-order valence-electron chi connectivity index (χ2n) is 7.77. The van der Waals surface area contributed by atoms with Crippen molar-refractivity contribution in [3.05, 3.63) is 35.4 Å². The molecule has 1 aliphatic heterocycles. The van der Waals surface area contributed by atoms with Gasteiger partial charge in [0.05, 0.1) is 13.2 Å². The largest absolute Gasteiger partial charge is 0.396 e. The summed E-state index contributed by atoms with van der Waals surface area (Å²) in [5.41, 5.74) is 1.89. The molecule has 136 valence electrons. The maximum atomic E-state index is 12.8. The van der Waals surface area contributed by atoms with E-state index < -0.39 is 0 Å². The Morgan fingerprint density at radius 1 is 1.24 bits per heavy atom. The number of hydrogen-bond acceptors (Lipinski definition) is 4. The van der Waals surface area contributed by atoms with Crippen molar-refractivity contribution in [1.29, 1.82) is 0 Å². The molecule has 2 aliphatic carbocycles. The van der Waals surface area contributed by atoms with Gasteiger partial charge in [0.25, 0.3) is 5.91 Å². The summed E-state index contributed by atoms with van der Waals surface area (Å²) in [6.07, 6.45) is 3.55. The molecule has 0 aromatic heterocycles. The van der Waals surface area contributed by atoms with E-state index in [0.29, 0.717) is 11.8 Å². The number of rotatable bonds is 5. The fourth-order valence-corrected chi connectivity index (χ4v) is 4.96. The van der Waals surface area contributed by atoms with Gasteiger partial charge in [-0.25, -0.2) is 0 Å². The molecule has 4 unspecified atom stereocenters. The number of morpholine rings is 1. The topological polar surface area (TPSA) is 61.8 Å². The summed E-state index contributed by atoms with van der Waals surface area (Å²) in [6.45, 7) is 4.50. The number of carbonyl (C=O) groups excluding carboxylic acids is 1. The van der Waals surface area contributed by atoms with Gasteiger partial charge in [-0.1, -0.05) is 12.1 Å². The number of nitrogens with one attached hydrogen (secondary N) is 1. The minimum atomic E-state index is -0.000160. The van der Waals surface area contributed by atoms with Gasteiger partial charge in [0.15, 0.2) is 0 Å². The van der Waals surface area contributed by atoms with Crippen LogP contribution in [-0.2, 0) is 11.3 Å². The molecule has 0 spiro atoms. The van der Waals surface area contributed by atoms with Crippen LogP contribution < -0.4 is 5.32 Å². The first kappa shape index (κ1) is 17.0. The van der Waals surface area contributed by atoms with Gasteiger partial charge in [-0.15, -0.1) is 0 Å². The summed E-state index contributed by atoms with van der Waals surface area (Å²) in [5.74, 6) is 1.37. The second kappa shape index (κ2) is 7.44. The van der Waals surface area contributed by atoms with Crippen molar-refractivity contribution >= 4 is 5.91 Å². The van der Waals surface area contributed by atoms with E-state index in [0.717, 1.165) is 44.8 Å². The predicted molar refractivity (Wildman–Crippen MR) is 95.2 cm³/mol. The Labute approximate surface area is 149 Å². The second-order valence-corrected chi connectivity index (χ2v) is 7.77. The average molecular weight is 344 g/mol. The van der Waals surface area contributed by atoms with Gasteiger partial charge in [0.2, 0.25) is 0 Å². The molecule has 1 aromatic carbocycles. The Hall–Kier alpha value is -1.43. The van der Waals surface area contributed by atoms with Crippen LogP contribution in [0, 0.1) is 17.8 Å². The minimum absolute atomic E-state index is 0.000160. The molecule has 25 heavy (non-hydrogen) atoms. The Kier molecular flexibility index (Phi) is 5.06. The molecule has 5 nitrogen and oxygen atoms in total. The van der Waals surface area contributed by atoms with E-state index in [1.54, 1.807) is 0 Å². The lowest BCUT2D eigenvalue weighted by Gasteiger charge is -2.30. The summed E-state index contributed by atoms with van der Waals surface area (Å²) in [7, 11) is 0. The third kappa shape index (κ3) is 3.59. The zero-order chi connectivity index (χ0) is 17.2. The lowest BCUT2D eigenvalue weighted by molar-refractivity contribution is 0.0342. The maximum absolute atomic E-state index is 12.8. The van der Waals surface area contributed by atoms with Crippen molar-refractivity contribution in [3.63, 3.8) is 0 Å². The molecule has 2 bridgehead atoms. The third-order valence-corrected chi connectivity index (χ3v) is 6.30. The predicted octanol–water partition coefficient (Wildman–Crippen LogP) is 1.66. The molecule has 2 N–H and O–H groups in total. The van der Waals surface area contributed by atoms with E-state index in [1.165, 1.54) is 18.4 Å². The number of hydrogen-bond donors (Lipinski definition) is 2. The van der Waals surface area contributed by atoms with Crippen LogP contribution in [0.15, 0.2) is 24.3 Å². The van der Waals surface area contributed by atoms with Crippen LogP contribution >= 0.6 is 0 Å². The highest BCUT2D eigenvalue weighted by Crippen LogP contribution is 2.48. The Bertz CT molecular complexity index is 615. The number of amides is 1. The summed E-state index contributed by atoms with van der Waals surface area (Å²) >= 11 is 0. The van der Waals surface area contributed by atoms with Crippen LogP contribution in [0.1, 0.15) is 35.2 Å². The Balaban J connectivity index is 1.41. The van der Waals surface area contributed by atoms with Crippen molar-refractivity contribution in [3.8, 4) is 0 Å². The number of aliphatic hydroxyl groups excluding tert-OH is 1. The quantitative estimate of drug-likeness (QED) is 0.853. The number of ether oxygens (including phenoxy) is 1. The first-order valence-electron chi connectivity index (χ1n) is 9.55. The number of carbonyl (C=O) groups is 1. The normalized spacial score (nSPS) is 32.0. The Morgan fingerprint density at radius 3 is 2.84 bits per heavy atom. The van der Waals surface area contributed by atoms with E-state index in [1.807, 2.05) is 18.2 Å². The van der Waals surface area contributed by atoms with Gasteiger partial charge in [-0.2, -0.15) is 0 Å². The van der Waals surface area contributed by atoms with Crippen LogP contribution in [-0.4, -0.2) is 54.9 Å². The monoisotopic (exact) mass is 344 g/mol. The van der Waals surface area contributed by atoms with Gasteiger partial charge >= 0.3 is 0 Å². The molecule has 3 fully saturated rings. The smallest absolute Gasteiger partial charge is 0.251 e. The summed E-state index contributed by atoms with van der Waals surface area (Å²) in [5, 5.41) is 12.9. The molecule has 2 saturated carbocycles. The van der Waals surface area contributed by atoms with E-state index >= 15 is 0 Å². The van der Waals surface area contributed by atoms with Crippen LogP contribution in [0.4, 0.5) is 0 Å². The summed E-state index contributed by atoms with van der Waals surface area (Å²) in [4.78, 5) is 15.1. The number of benzene rings is 1. The highest BCUT2D eigenvalue weighted by molar-refractivity contribution is 5.94. The van der Waals surface area contributed by atoms with Gasteiger partial charge in [-0.05, 0) is 48.8 Å². The molecule has 4 rings (SSSR count). The van der Waals surface area contributed by atoms with Crippen molar-refractivity contribution in [2.24, 2.45) is 17.8 Å². The van der Waals surface area contributed by atoms with Crippen LogP contribution in [0.25, 0.3) is 0 Å². The maximum Gasteiger partial charge on any atom is 0.251 e. The molecule has 0 radical (unpaired) electrons. The van der Waals surface area contributed by atoms with Gasteiger partial charge in [0, 0.05) is 43.8 Å². The molecule has 3 aliphatic rings. The molecule has 1 aromatic rings. The van der Waals surface area contributed by atoms with Crippen molar-refractivity contribution in [1.82, 2.24) is 10.2 Å². The molecule has 4 atom stereocenters. The standard InChI is InChI=1S/C20H28N2O3/c23-13-18-15-4-5-16(11-15)19(18)21-20(24)17-3-1-2-14(10-17)12-22-6-8-25-9-7-22/h1-3,10,15-16,18-19,23H,4-9,11-13H2,(H,21,24). The zero-order valence-corrected chi connectivity index (χ0v) is 14.7. The minimum Gasteiger partial charge on any atom is -0.396 e. The van der Waals surface area contributed by atoms with Crippen LogP contribution in [0.3, 0.4) is 0 Å². The fraction of sp³-hybridized carbons (Fsp3) is 0.650. The highest BCUT2D eigenvalue weighted by atomic mass is 16.5. The Morgan fingerprint density at radius 2 is 2.04 bits per heavy atom. The molecular formula is C20H28N2O3. The third-order valence-electron chi connectivity index (χ3n) is 6.30. The molecule has 1 heterocycles. The van der Waals surface area contributed by atoms with E-state index in [2.05, 4.69) is 16.3 Å². The number of fused-ring (bicyclic) bond motifs is 2.